The predicted octanol–water partition coefficient (Wildman–Crippen LogP) is 4.91. The van der Waals surface area contributed by atoms with Crippen LogP contribution in [0.3, 0.4) is 0 Å². The first-order chi connectivity index (χ1) is 15.6. The van der Waals surface area contributed by atoms with Crippen LogP contribution in [0.2, 0.25) is 0 Å². The molecule has 1 unspecified atom stereocenters. The number of benzene rings is 1. The minimum atomic E-state index is -0.206. The molecular formula is C26H31N5O. The van der Waals surface area contributed by atoms with Crippen molar-refractivity contribution in [2.75, 3.05) is 7.05 Å². The van der Waals surface area contributed by atoms with Gasteiger partial charge in [-0.3, -0.25) is 4.79 Å². The highest BCUT2D eigenvalue weighted by Crippen LogP contribution is 2.34. The molecule has 166 valence electrons. The average Bonchev–Trinajstić information content (AvgIpc) is 3.36. The van der Waals surface area contributed by atoms with Gasteiger partial charge < -0.3 is 9.80 Å². The Morgan fingerprint density at radius 2 is 1.88 bits per heavy atom. The minimum Gasteiger partial charge on any atom is -0.340 e. The summed E-state index contributed by atoms with van der Waals surface area (Å²) in [6.07, 6.45) is 10.7. The number of allylic oxidation sites excluding steroid dienone is 1. The lowest BCUT2D eigenvalue weighted by Gasteiger charge is -2.45. The van der Waals surface area contributed by atoms with E-state index in [2.05, 4.69) is 28.6 Å². The Kier molecular flexibility index (Phi) is 6.49. The fourth-order valence-corrected chi connectivity index (χ4v) is 4.90. The zero-order valence-electron chi connectivity index (χ0n) is 19.2. The summed E-state index contributed by atoms with van der Waals surface area (Å²) >= 11 is 0. The third-order valence-corrected chi connectivity index (χ3v) is 6.53. The fourth-order valence-electron chi connectivity index (χ4n) is 4.90. The van der Waals surface area contributed by atoms with Gasteiger partial charge in [-0.2, -0.15) is 10.2 Å². The summed E-state index contributed by atoms with van der Waals surface area (Å²) in [7, 11) is 1.84. The Morgan fingerprint density at radius 1 is 1.19 bits per heavy atom. The lowest BCUT2D eigenvalue weighted by Crippen LogP contribution is -2.60. The second-order valence-corrected chi connectivity index (χ2v) is 8.41. The Hall–Kier alpha value is -3.28. The molecule has 2 aromatic rings. The van der Waals surface area contributed by atoms with Crippen LogP contribution in [0, 0.1) is 0 Å². The van der Waals surface area contributed by atoms with Gasteiger partial charge in [0.25, 0.3) is 0 Å². The van der Waals surface area contributed by atoms with Crippen molar-refractivity contribution >= 4 is 17.4 Å². The summed E-state index contributed by atoms with van der Waals surface area (Å²) in [5.41, 5.74) is 4.27. The first kappa shape index (κ1) is 21.9. The van der Waals surface area contributed by atoms with Crippen molar-refractivity contribution in [3.05, 3.63) is 66.6 Å². The molecule has 1 atom stereocenters. The number of amides is 1. The Bertz CT molecular complexity index is 1050. The molecule has 4 rings (SSSR count). The molecule has 1 saturated heterocycles. The molecule has 0 radical (unpaired) electrons. The molecule has 1 aliphatic carbocycles. The van der Waals surface area contributed by atoms with Crippen molar-refractivity contribution in [1.82, 2.24) is 20.0 Å². The van der Waals surface area contributed by atoms with Gasteiger partial charge in [0.15, 0.2) is 5.84 Å². The molecule has 1 amide bonds. The topological polar surface area (TPSA) is 61.7 Å². The van der Waals surface area contributed by atoms with Crippen molar-refractivity contribution in [2.24, 2.45) is 4.99 Å². The standard InChI is InChI=1S/C26H31N5O/c1-5-23-25(31(20-14-10-11-15-20)24(6-2)26(32)30(23)4)29-18(3)21-16-27-28-17-22(21)19-12-8-7-9-13-19/h5,7-9,12-13,16-17,20,24H,3,6,10-11,14-15H2,1-2,4H3/b23-5+,29-25?. The molecule has 2 heterocycles. The van der Waals surface area contributed by atoms with Gasteiger partial charge in [-0.15, -0.1) is 0 Å². The number of piperazine rings is 1. The molecular weight excluding hydrogens is 398 g/mol. The van der Waals surface area contributed by atoms with E-state index in [1.165, 1.54) is 12.8 Å². The molecule has 1 saturated carbocycles. The van der Waals surface area contributed by atoms with E-state index in [-0.39, 0.29) is 11.9 Å². The van der Waals surface area contributed by atoms with E-state index in [9.17, 15) is 4.79 Å². The van der Waals surface area contributed by atoms with Crippen LogP contribution in [0.15, 0.2) is 66.1 Å². The average molecular weight is 430 g/mol. The third-order valence-electron chi connectivity index (χ3n) is 6.53. The molecule has 32 heavy (non-hydrogen) atoms. The maximum Gasteiger partial charge on any atom is 0.249 e. The van der Waals surface area contributed by atoms with Crippen molar-refractivity contribution in [3.63, 3.8) is 0 Å². The summed E-state index contributed by atoms with van der Waals surface area (Å²) in [5.74, 6) is 0.960. The highest BCUT2D eigenvalue weighted by atomic mass is 16.2. The molecule has 0 bridgehead atoms. The van der Waals surface area contributed by atoms with Gasteiger partial charge in [0.2, 0.25) is 5.91 Å². The second-order valence-electron chi connectivity index (χ2n) is 8.41. The summed E-state index contributed by atoms with van der Waals surface area (Å²) in [6, 6.07) is 10.2. The smallest absolute Gasteiger partial charge is 0.249 e. The highest BCUT2D eigenvalue weighted by molar-refractivity contribution is 6.09. The quantitative estimate of drug-likeness (QED) is 0.677. The normalized spacial score (nSPS) is 22.2. The van der Waals surface area contributed by atoms with Gasteiger partial charge in [-0.25, -0.2) is 4.99 Å². The third kappa shape index (κ3) is 3.97. The SMILES string of the molecule is C=C(N=C1/C(=C\C)N(C)C(=O)C(CC)N1C1CCCC1)c1cnncc1-c1ccccc1. The van der Waals surface area contributed by atoms with E-state index in [4.69, 9.17) is 4.99 Å². The molecule has 0 spiro atoms. The molecule has 0 N–H and O–H groups in total. The van der Waals surface area contributed by atoms with E-state index in [1.54, 1.807) is 17.3 Å². The first-order valence-corrected chi connectivity index (χ1v) is 11.4. The first-order valence-electron chi connectivity index (χ1n) is 11.4. The van der Waals surface area contributed by atoms with E-state index in [0.29, 0.717) is 11.7 Å². The Balaban J connectivity index is 1.81. The number of rotatable bonds is 5. The number of hydrogen-bond donors (Lipinski definition) is 0. The summed E-state index contributed by atoms with van der Waals surface area (Å²) in [4.78, 5) is 22.3. The number of hydrogen-bond acceptors (Lipinski definition) is 4. The zero-order valence-corrected chi connectivity index (χ0v) is 19.2. The van der Waals surface area contributed by atoms with Crippen molar-refractivity contribution in [1.29, 1.82) is 0 Å². The van der Waals surface area contributed by atoms with E-state index < -0.39 is 0 Å². The van der Waals surface area contributed by atoms with Crippen LogP contribution in [0.25, 0.3) is 16.8 Å². The summed E-state index contributed by atoms with van der Waals surface area (Å²) < 4.78 is 0. The molecule has 2 fully saturated rings. The number of aromatic nitrogens is 2. The summed E-state index contributed by atoms with van der Waals surface area (Å²) in [6.45, 7) is 8.35. The van der Waals surface area contributed by atoms with Crippen LogP contribution in [0.5, 0.6) is 0 Å². The van der Waals surface area contributed by atoms with Gasteiger partial charge in [0, 0.05) is 24.2 Å². The van der Waals surface area contributed by atoms with Gasteiger partial charge in [-0.1, -0.05) is 62.8 Å². The van der Waals surface area contributed by atoms with Gasteiger partial charge in [0.1, 0.15) is 6.04 Å². The van der Waals surface area contributed by atoms with Crippen molar-refractivity contribution in [3.8, 4) is 11.1 Å². The van der Waals surface area contributed by atoms with Crippen LogP contribution in [0.4, 0.5) is 0 Å². The maximum absolute atomic E-state index is 13.2. The number of carbonyl (C=O) groups is 1. The molecule has 1 aromatic heterocycles. The van der Waals surface area contributed by atoms with Gasteiger partial charge in [0.05, 0.1) is 23.8 Å². The lowest BCUT2D eigenvalue weighted by atomic mass is 10.00. The number of likely N-dealkylation sites (N-methyl/N-ethyl adjacent to an activating group) is 1. The molecule has 6 nitrogen and oxygen atoms in total. The van der Waals surface area contributed by atoms with Crippen LogP contribution >= 0.6 is 0 Å². The van der Waals surface area contributed by atoms with Crippen LogP contribution < -0.4 is 0 Å². The summed E-state index contributed by atoms with van der Waals surface area (Å²) in [5, 5.41) is 8.20. The van der Waals surface area contributed by atoms with Gasteiger partial charge >= 0.3 is 0 Å². The van der Waals surface area contributed by atoms with Crippen molar-refractivity contribution in [2.45, 2.75) is 58.0 Å². The Labute approximate surface area is 190 Å². The van der Waals surface area contributed by atoms with E-state index in [0.717, 1.165) is 47.5 Å². The predicted molar refractivity (Wildman–Crippen MR) is 129 cm³/mol. The van der Waals surface area contributed by atoms with Crippen LogP contribution in [-0.2, 0) is 4.79 Å². The van der Waals surface area contributed by atoms with Gasteiger partial charge in [-0.05, 0) is 31.7 Å². The number of carbonyl (C=O) groups excluding carboxylic acids is 1. The maximum atomic E-state index is 13.2. The monoisotopic (exact) mass is 429 g/mol. The Morgan fingerprint density at radius 3 is 2.53 bits per heavy atom. The molecule has 2 aliphatic rings. The molecule has 1 aromatic carbocycles. The van der Waals surface area contributed by atoms with E-state index in [1.807, 2.05) is 50.4 Å². The number of aliphatic imine (C=N–C) groups is 1. The highest BCUT2D eigenvalue weighted by Gasteiger charge is 2.42. The minimum absolute atomic E-state index is 0.132. The lowest BCUT2D eigenvalue weighted by molar-refractivity contribution is -0.134. The van der Waals surface area contributed by atoms with E-state index >= 15 is 0 Å². The fraction of sp³-hybridized carbons (Fsp3) is 0.385. The number of nitrogens with zero attached hydrogens (tertiary/aromatic N) is 5. The molecule has 6 heteroatoms. The second kappa shape index (κ2) is 9.47. The van der Waals surface area contributed by atoms with Crippen LogP contribution in [0.1, 0.15) is 51.5 Å². The largest absolute Gasteiger partial charge is 0.340 e. The number of amidine groups is 1. The zero-order chi connectivity index (χ0) is 22.7. The van der Waals surface area contributed by atoms with Crippen LogP contribution in [-0.4, -0.2) is 50.9 Å². The molecule has 1 aliphatic heterocycles. The van der Waals surface area contributed by atoms with Crippen molar-refractivity contribution < 1.29 is 4.79 Å².